The zero-order valence-corrected chi connectivity index (χ0v) is 8.53. The van der Waals surface area contributed by atoms with Crippen LogP contribution >= 0.6 is 0 Å². The SMILES string of the molecule is Cc1nnc2n1[C@@H]1CCNC[C@H]1CC2. The van der Waals surface area contributed by atoms with Crippen LogP contribution in [-0.4, -0.2) is 27.9 Å². The molecule has 0 amide bonds. The fourth-order valence-corrected chi connectivity index (χ4v) is 2.87. The van der Waals surface area contributed by atoms with Gasteiger partial charge in [0, 0.05) is 12.5 Å². The summed E-state index contributed by atoms with van der Waals surface area (Å²) in [6.45, 7) is 4.38. The Balaban J connectivity index is 2.02. The van der Waals surface area contributed by atoms with Crippen molar-refractivity contribution in [2.75, 3.05) is 13.1 Å². The van der Waals surface area contributed by atoms with Crippen molar-refractivity contribution in [3.63, 3.8) is 0 Å². The van der Waals surface area contributed by atoms with Gasteiger partial charge in [-0.1, -0.05) is 0 Å². The van der Waals surface area contributed by atoms with Crippen LogP contribution in [0, 0.1) is 12.8 Å². The van der Waals surface area contributed by atoms with Gasteiger partial charge in [0.1, 0.15) is 11.6 Å². The molecule has 2 aliphatic rings. The quantitative estimate of drug-likeness (QED) is 0.657. The summed E-state index contributed by atoms with van der Waals surface area (Å²) in [5.41, 5.74) is 0. The smallest absolute Gasteiger partial charge is 0.133 e. The van der Waals surface area contributed by atoms with Crippen LogP contribution in [0.1, 0.15) is 30.5 Å². The third-order valence-corrected chi connectivity index (χ3v) is 3.57. The summed E-state index contributed by atoms with van der Waals surface area (Å²) in [6, 6.07) is 0.662. The highest BCUT2D eigenvalue weighted by Gasteiger charge is 2.33. The van der Waals surface area contributed by atoms with Gasteiger partial charge in [-0.05, 0) is 38.8 Å². The molecule has 4 nitrogen and oxygen atoms in total. The van der Waals surface area contributed by atoms with E-state index in [4.69, 9.17) is 0 Å². The number of fused-ring (bicyclic) bond motifs is 3. The summed E-state index contributed by atoms with van der Waals surface area (Å²) in [6.07, 6.45) is 3.61. The van der Waals surface area contributed by atoms with E-state index in [-0.39, 0.29) is 0 Å². The van der Waals surface area contributed by atoms with E-state index in [0.29, 0.717) is 6.04 Å². The standard InChI is InChI=1S/C10H16N4/c1-7-12-13-10-3-2-8-6-11-5-4-9(8)14(7)10/h8-9,11H,2-6H2,1H3/t8-,9-/m1/s1. The molecule has 76 valence electrons. The molecule has 0 bridgehead atoms. The molecule has 0 aromatic carbocycles. The first kappa shape index (κ1) is 8.41. The Morgan fingerprint density at radius 3 is 3.21 bits per heavy atom. The highest BCUT2D eigenvalue weighted by atomic mass is 15.3. The lowest BCUT2D eigenvalue weighted by molar-refractivity contribution is 0.210. The molecule has 0 aliphatic carbocycles. The first-order chi connectivity index (χ1) is 6.86. The van der Waals surface area contributed by atoms with Crippen LogP contribution in [0.4, 0.5) is 0 Å². The summed E-state index contributed by atoms with van der Waals surface area (Å²) in [5.74, 6) is 3.09. The van der Waals surface area contributed by atoms with Gasteiger partial charge >= 0.3 is 0 Å². The molecule has 1 fully saturated rings. The fraction of sp³-hybridized carbons (Fsp3) is 0.800. The zero-order chi connectivity index (χ0) is 9.54. The predicted molar refractivity (Wildman–Crippen MR) is 53.1 cm³/mol. The molecule has 0 saturated carbocycles. The van der Waals surface area contributed by atoms with Crippen LogP contribution in [0.3, 0.4) is 0 Å². The van der Waals surface area contributed by atoms with Crippen molar-refractivity contribution in [3.8, 4) is 0 Å². The Morgan fingerprint density at radius 2 is 2.29 bits per heavy atom. The molecule has 1 aromatic rings. The van der Waals surface area contributed by atoms with Gasteiger partial charge in [0.2, 0.25) is 0 Å². The molecule has 4 heteroatoms. The summed E-state index contributed by atoms with van der Waals surface area (Å²) in [7, 11) is 0. The molecule has 0 spiro atoms. The highest BCUT2D eigenvalue weighted by molar-refractivity contribution is 5.04. The minimum Gasteiger partial charge on any atom is -0.316 e. The third kappa shape index (κ3) is 1.10. The van der Waals surface area contributed by atoms with Crippen molar-refractivity contribution in [1.82, 2.24) is 20.1 Å². The number of rotatable bonds is 0. The second-order valence-electron chi connectivity index (χ2n) is 4.39. The van der Waals surface area contributed by atoms with Crippen molar-refractivity contribution in [2.24, 2.45) is 5.92 Å². The Morgan fingerprint density at radius 1 is 1.36 bits per heavy atom. The third-order valence-electron chi connectivity index (χ3n) is 3.57. The van der Waals surface area contributed by atoms with Crippen molar-refractivity contribution in [1.29, 1.82) is 0 Å². The normalized spacial score (nSPS) is 30.9. The molecular formula is C10H16N4. The molecule has 0 unspecified atom stereocenters. The van der Waals surface area contributed by atoms with Gasteiger partial charge in [-0.15, -0.1) is 10.2 Å². The topological polar surface area (TPSA) is 42.7 Å². The number of nitrogens with zero attached hydrogens (tertiary/aromatic N) is 3. The number of aryl methyl sites for hydroxylation is 2. The van der Waals surface area contributed by atoms with E-state index in [1.165, 1.54) is 25.2 Å². The summed E-state index contributed by atoms with van der Waals surface area (Å²) in [4.78, 5) is 0. The van der Waals surface area contributed by atoms with E-state index in [0.717, 1.165) is 24.7 Å². The van der Waals surface area contributed by atoms with Crippen molar-refractivity contribution >= 4 is 0 Å². The minimum absolute atomic E-state index is 0.662. The van der Waals surface area contributed by atoms with Gasteiger partial charge in [0.05, 0.1) is 0 Å². The molecule has 1 N–H and O–H groups in total. The van der Waals surface area contributed by atoms with Gasteiger partial charge in [0.15, 0.2) is 0 Å². The maximum Gasteiger partial charge on any atom is 0.133 e. The van der Waals surface area contributed by atoms with E-state index < -0.39 is 0 Å². The van der Waals surface area contributed by atoms with Crippen molar-refractivity contribution in [3.05, 3.63) is 11.6 Å². The Bertz CT molecular complexity index is 344. The summed E-state index contributed by atoms with van der Waals surface area (Å²) < 4.78 is 2.37. The van der Waals surface area contributed by atoms with Crippen LogP contribution in [-0.2, 0) is 6.42 Å². The molecule has 0 radical (unpaired) electrons. The number of piperidine rings is 1. The zero-order valence-electron chi connectivity index (χ0n) is 8.53. The van der Waals surface area contributed by atoms with E-state index in [2.05, 4.69) is 27.0 Å². The van der Waals surface area contributed by atoms with E-state index in [1.54, 1.807) is 0 Å². The van der Waals surface area contributed by atoms with Crippen LogP contribution in [0.25, 0.3) is 0 Å². The molecule has 3 heterocycles. The number of hydrogen-bond donors (Lipinski definition) is 1. The van der Waals surface area contributed by atoms with Crippen molar-refractivity contribution < 1.29 is 0 Å². The maximum absolute atomic E-state index is 4.24. The fourth-order valence-electron chi connectivity index (χ4n) is 2.87. The predicted octanol–water partition coefficient (Wildman–Crippen LogP) is 0.683. The van der Waals surface area contributed by atoms with E-state index in [9.17, 15) is 0 Å². The molecule has 2 aliphatic heterocycles. The monoisotopic (exact) mass is 192 g/mol. The van der Waals surface area contributed by atoms with Crippen molar-refractivity contribution in [2.45, 2.75) is 32.2 Å². The van der Waals surface area contributed by atoms with Gasteiger partial charge in [-0.25, -0.2) is 0 Å². The van der Waals surface area contributed by atoms with Crippen LogP contribution in [0.15, 0.2) is 0 Å². The Kier molecular flexibility index (Phi) is 1.83. The molecule has 1 aromatic heterocycles. The van der Waals surface area contributed by atoms with Gasteiger partial charge < -0.3 is 9.88 Å². The lowest BCUT2D eigenvalue weighted by atomic mass is 9.86. The van der Waals surface area contributed by atoms with Crippen LogP contribution < -0.4 is 5.32 Å². The minimum atomic E-state index is 0.662. The molecule has 1 saturated heterocycles. The second kappa shape index (κ2) is 3.05. The molecule has 3 rings (SSSR count). The first-order valence-corrected chi connectivity index (χ1v) is 5.47. The average Bonchev–Trinajstić information content (AvgIpc) is 2.61. The lowest BCUT2D eigenvalue weighted by Gasteiger charge is -2.37. The van der Waals surface area contributed by atoms with E-state index in [1.807, 2.05) is 0 Å². The van der Waals surface area contributed by atoms with Gasteiger partial charge in [-0.2, -0.15) is 0 Å². The second-order valence-corrected chi connectivity index (χ2v) is 4.39. The van der Waals surface area contributed by atoms with Gasteiger partial charge in [-0.3, -0.25) is 0 Å². The van der Waals surface area contributed by atoms with E-state index >= 15 is 0 Å². The van der Waals surface area contributed by atoms with Crippen LogP contribution in [0.2, 0.25) is 0 Å². The van der Waals surface area contributed by atoms with Gasteiger partial charge in [0.25, 0.3) is 0 Å². The van der Waals surface area contributed by atoms with Crippen LogP contribution in [0.5, 0.6) is 0 Å². The number of aromatic nitrogens is 3. The first-order valence-electron chi connectivity index (χ1n) is 5.47. The Hall–Kier alpha value is -0.900. The average molecular weight is 192 g/mol. The summed E-state index contributed by atoms with van der Waals surface area (Å²) in [5, 5.41) is 11.9. The molecule has 14 heavy (non-hydrogen) atoms. The molecule has 2 atom stereocenters. The highest BCUT2D eigenvalue weighted by Crippen LogP contribution is 2.34. The Labute approximate surface area is 83.7 Å². The number of nitrogens with one attached hydrogen (secondary N) is 1. The molecular weight excluding hydrogens is 176 g/mol. The lowest BCUT2D eigenvalue weighted by Crippen LogP contribution is -2.41. The summed E-state index contributed by atoms with van der Waals surface area (Å²) >= 11 is 0. The maximum atomic E-state index is 4.24. The number of hydrogen-bond acceptors (Lipinski definition) is 3. The largest absolute Gasteiger partial charge is 0.316 e.